The maximum atomic E-state index is 13.5. The molecule has 1 aliphatic heterocycles. The highest BCUT2D eigenvalue weighted by Gasteiger charge is 2.44. The number of carbonyl (C=O) groups excluding carboxylic acids is 1. The Morgan fingerprint density at radius 3 is 2.79 bits per heavy atom. The zero-order valence-corrected chi connectivity index (χ0v) is 19.6. The topological polar surface area (TPSA) is 115 Å². The maximum absolute atomic E-state index is 13.5. The molecular weight excluding hydrogens is 498 g/mol. The van der Waals surface area contributed by atoms with E-state index in [4.69, 9.17) is 0 Å². The van der Waals surface area contributed by atoms with E-state index in [9.17, 15) is 18.4 Å². The Kier molecular flexibility index (Phi) is 4.74. The number of pyridine rings is 1. The van der Waals surface area contributed by atoms with Crippen molar-refractivity contribution in [2.24, 2.45) is 0 Å². The van der Waals surface area contributed by atoms with Gasteiger partial charge in [0.15, 0.2) is 17.0 Å². The number of aromatic amines is 1. The summed E-state index contributed by atoms with van der Waals surface area (Å²) in [6, 6.07) is 13.4. The lowest BCUT2D eigenvalue weighted by Crippen LogP contribution is -2.39. The molecule has 1 N–H and O–H groups in total. The van der Waals surface area contributed by atoms with Crippen molar-refractivity contribution >= 4 is 33.5 Å². The fourth-order valence-corrected chi connectivity index (χ4v) is 4.69. The van der Waals surface area contributed by atoms with Gasteiger partial charge in [-0.3, -0.25) is 14.6 Å². The predicted molar refractivity (Wildman–Crippen MR) is 132 cm³/mol. The van der Waals surface area contributed by atoms with E-state index in [1.807, 2.05) is 30.3 Å². The van der Waals surface area contributed by atoms with Crippen molar-refractivity contribution in [1.82, 2.24) is 24.7 Å². The number of fused-ring (bicyclic) bond motifs is 3. The number of nitrogens with one attached hydrogen (secondary N) is 1. The number of H-pyrrole nitrogens is 1. The van der Waals surface area contributed by atoms with Crippen molar-refractivity contribution in [2.45, 2.75) is 31.7 Å². The first kappa shape index (κ1) is 22.3. The van der Waals surface area contributed by atoms with Gasteiger partial charge in [-0.15, -0.1) is 8.78 Å². The third-order valence-corrected chi connectivity index (χ3v) is 6.54. The van der Waals surface area contributed by atoms with Gasteiger partial charge in [0.05, 0.1) is 17.4 Å². The highest BCUT2D eigenvalue weighted by molar-refractivity contribution is 5.95. The molecular formula is C26H18F2N6O4. The minimum atomic E-state index is -3.76. The van der Waals surface area contributed by atoms with Gasteiger partial charge in [0.1, 0.15) is 12.2 Å². The normalized spacial score (nSPS) is 15.7. The van der Waals surface area contributed by atoms with Gasteiger partial charge in [0.25, 0.3) is 5.56 Å². The van der Waals surface area contributed by atoms with E-state index >= 15 is 0 Å². The van der Waals surface area contributed by atoms with Crippen LogP contribution in [0.1, 0.15) is 12.8 Å². The monoisotopic (exact) mass is 516 g/mol. The molecule has 0 bridgehead atoms. The molecule has 12 heteroatoms. The molecule has 5 aromatic rings. The van der Waals surface area contributed by atoms with Gasteiger partial charge in [-0.2, -0.15) is 5.10 Å². The van der Waals surface area contributed by atoms with Crippen LogP contribution in [0, 0.1) is 0 Å². The Labute approximate surface area is 212 Å². The SMILES string of the molecule is O=C(Cn1nc(-c2ccc3ncccc3c2)c2[nH]cnc2c1=O)N(c1ccc2c(c1)OC(F)(F)O2)C1CC1. The van der Waals surface area contributed by atoms with E-state index in [2.05, 4.69) is 29.5 Å². The molecule has 0 spiro atoms. The molecule has 7 rings (SSSR count). The molecule has 1 saturated carbocycles. The van der Waals surface area contributed by atoms with Crippen LogP contribution in [0.4, 0.5) is 14.5 Å². The number of amides is 1. The van der Waals surface area contributed by atoms with Gasteiger partial charge < -0.3 is 19.4 Å². The summed E-state index contributed by atoms with van der Waals surface area (Å²) in [5, 5.41) is 5.43. The first-order chi connectivity index (χ1) is 18.4. The third kappa shape index (κ3) is 3.72. The quantitative estimate of drug-likeness (QED) is 0.377. The summed E-state index contributed by atoms with van der Waals surface area (Å²) in [4.78, 5) is 39.7. The molecule has 190 valence electrons. The van der Waals surface area contributed by atoms with Crippen molar-refractivity contribution < 1.29 is 23.0 Å². The lowest BCUT2D eigenvalue weighted by Gasteiger charge is -2.23. The zero-order chi connectivity index (χ0) is 26.0. The third-order valence-electron chi connectivity index (χ3n) is 6.54. The highest BCUT2D eigenvalue weighted by atomic mass is 19.3. The molecule has 4 heterocycles. The number of rotatable bonds is 5. The Balaban J connectivity index is 1.27. The number of benzene rings is 2. The standard InChI is InChI=1S/C26H18F2N6O4/c27-26(28)37-19-8-6-17(11-20(19)38-26)34(16-4-5-16)21(35)12-33-25(36)24-23(30-13-31-24)22(32-33)15-3-7-18-14(10-15)2-1-9-29-18/h1-3,6-11,13,16H,4-5,12H2,(H,30,31). The number of anilines is 1. The van der Waals surface area contributed by atoms with Gasteiger partial charge in [-0.25, -0.2) is 9.67 Å². The van der Waals surface area contributed by atoms with Crippen molar-refractivity contribution in [1.29, 1.82) is 0 Å². The van der Waals surface area contributed by atoms with E-state index in [-0.39, 0.29) is 29.6 Å². The number of nitrogens with zero attached hydrogens (tertiary/aromatic N) is 5. The van der Waals surface area contributed by atoms with Gasteiger partial charge in [0, 0.05) is 34.9 Å². The summed E-state index contributed by atoms with van der Waals surface area (Å²) in [6.07, 6.45) is 0.836. The van der Waals surface area contributed by atoms with Crippen LogP contribution in [0.3, 0.4) is 0 Å². The summed E-state index contributed by atoms with van der Waals surface area (Å²) in [7, 11) is 0. The van der Waals surface area contributed by atoms with Crippen molar-refractivity contribution in [2.75, 3.05) is 4.90 Å². The molecule has 0 saturated heterocycles. The average Bonchev–Trinajstić information content (AvgIpc) is 3.49. The second-order valence-electron chi connectivity index (χ2n) is 9.14. The van der Waals surface area contributed by atoms with E-state index in [1.165, 1.54) is 29.4 Å². The van der Waals surface area contributed by atoms with Crippen molar-refractivity contribution in [3.05, 3.63) is 71.4 Å². The molecule has 0 atom stereocenters. The average molecular weight is 516 g/mol. The van der Waals surface area contributed by atoms with Crippen molar-refractivity contribution in [3.8, 4) is 22.8 Å². The second kappa shape index (κ2) is 8.07. The van der Waals surface area contributed by atoms with Gasteiger partial charge in [-0.1, -0.05) is 12.1 Å². The molecule has 0 radical (unpaired) electrons. The summed E-state index contributed by atoms with van der Waals surface area (Å²) in [5.74, 6) is -0.692. The molecule has 1 fully saturated rings. The van der Waals surface area contributed by atoms with Crippen LogP contribution in [0.5, 0.6) is 11.5 Å². The molecule has 10 nitrogen and oxygen atoms in total. The number of aromatic nitrogens is 5. The van der Waals surface area contributed by atoms with E-state index in [0.29, 0.717) is 16.9 Å². The minimum Gasteiger partial charge on any atom is -0.395 e. The first-order valence-electron chi connectivity index (χ1n) is 11.9. The van der Waals surface area contributed by atoms with Crippen LogP contribution in [0.2, 0.25) is 0 Å². The molecule has 0 unspecified atom stereocenters. The van der Waals surface area contributed by atoms with Crippen molar-refractivity contribution in [3.63, 3.8) is 0 Å². The molecule has 1 amide bonds. The number of hydrogen-bond donors (Lipinski definition) is 1. The van der Waals surface area contributed by atoms with E-state index < -0.39 is 17.8 Å². The van der Waals surface area contributed by atoms with E-state index in [1.54, 1.807) is 6.20 Å². The van der Waals surface area contributed by atoms with Gasteiger partial charge >= 0.3 is 6.29 Å². The largest absolute Gasteiger partial charge is 0.586 e. The van der Waals surface area contributed by atoms with Crippen LogP contribution in [0.25, 0.3) is 33.2 Å². The second-order valence-corrected chi connectivity index (χ2v) is 9.14. The number of hydrogen-bond acceptors (Lipinski definition) is 7. The van der Waals surface area contributed by atoms with Gasteiger partial charge in [0.2, 0.25) is 5.91 Å². The molecule has 3 aromatic heterocycles. The number of halogens is 2. The van der Waals surface area contributed by atoms with Gasteiger partial charge in [-0.05, 0) is 43.2 Å². The molecule has 1 aliphatic carbocycles. The molecule has 38 heavy (non-hydrogen) atoms. The Morgan fingerprint density at radius 1 is 1.11 bits per heavy atom. The van der Waals surface area contributed by atoms with Crippen LogP contribution < -0.4 is 19.9 Å². The number of alkyl halides is 2. The summed E-state index contributed by atoms with van der Waals surface area (Å²) in [5.41, 5.74) is 2.43. The number of imidazole rings is 1. The van der Waals surface area contributed by atoms with Crippen LogP contribution in [-0.2, 0) is 11.3 Å². The Bertz CT molecular complexity index is 1810. The Morgan fingerprint density at radius 2 is 1.95 bits per heavy atom. The predicted octanol–water partition coefficient (Wildman–Crippen LogP) is 3.85. The van der Waals surface area contributed by atoms with Crippen LogP contribution >= 0.6 is 0 Å². The van der Waals surface area contributed by atoms with Crippen LogP contribution in [0.15, 0.2) is 65.8 Å². The summed E-state index contributed by atoms with van der Waals surface area (Å²) < 4.78 is 37.1. The van der Waals surface area contributed by atoms with E-state index in [0.717, 1.165) is 34.0 Å². The number of carbonyl (C=O) groups is 1. The molecule has 2 aromatic carbocycles. The minimum absolute atomic E-state index is 0.112. The molecule has 2 aliphatic rings. The number of ether oxygens (including phenoxy) is 2. The smallest absolute Gasteiger partial charge is 0.395 e. The Hall–Kier alpha value is -4.87. The van der Waals surface area contributed by atoms with Crippen LogP contribution in [-0.4, -0.2) is 43.0 Å². The first-order valence-corrected chi connectivity index (χ1v) is 11.9. The zero-order valence-electron chi connectivity index (χ0n) is 19.6. The summed E-state index contributed by atoms with van der Waals surface area (Å²) >= 11 is 0. The highest BCUT2D eigenvalue weighted by Crippen LogP contribution is 2.44. The maximum Gasteiger partial charge on any atom is 0.586 e. The lowest BCUT2D eigenvalue weighted by atomic mass is 10.1. The fraction of sp³-hybridized carbons (Fsp3) is 0.192. The fourth-order valence-electron chi connectivity index (χ4n) is 4.69. The lowest BCUT2D eigenvalue weighted by molar-refractivity contribution is -0.286. The summed E-state index contributed by atoms with van der Waals surface area (Å²) in [6.45, 7) is -0.370.